The number of hydrogen-bond donors (Lipinski definition) is 6. The Morgan fingerprint density at radius 1 is 1.36 bits per heavy atom. The molecule has 11 heavy (non-hydrogen) atoms. The quantitative estimate of drug-likeness (QED) is 0.218. The molecule has 0 bridgehead atoms. The van der Waals surface area contributed by atoms with E-state index in [1.165, 1.54) is 0 Å². The first-order valence-electron chi connectivity index (χ1n) is 2.40. The van der Waals surface area contributed by atoms with Gasteiger partial charge in [0.05, 0.1) is 13.3 Å². The number of carboxylic acid groups (broad SMARTS) is 1. The number of aliphatic hydroxyl groups is 1. The fraction of sp³-hybridized carbons (Fsp3) is 0.667. The fourth-order valence-electron chi connectivity index (χ4n) is 0.163. The first-order valence-corrected chi connectivity index (χ1v) is 3.60. The number of carboxylic acids is 1. The summed E-state index contributed by atoms with van der Waals surface area (Å²) in [6, 6.07) is 0. The molecule has 0 radical (unpaired) electrons. The van der Waals surface area contributed by atoms with Crippen molar-refractivity contribution in [1.82, 2.24) is 5.32 Å². The smallest absolute Gasteiger partial charge is 0.324 e. The fourth-order valence-corrected chi connectivity index (χ4v) is 0.163. The van der Waals surface area contributed by atoms with E-state index in [2.05, 4.69) is 5.32 Å². The van der Waals surface area contributed by atoms with Gasteiger partial charge in [-0.2, -0.15) is 0 Å². The molecule has 0 aromatic heterocycles. The van der Waals surface area contributed by atoms with Crippen LogP contribution in [0.5, 0.6) is 0 Å². The van der Waals surface area contributed by atoms with E-state index in [9.17, 15) is 4.79 Å². The number of rotatable bonds is 3. The summed E-state index contributed by atoms with van der Waals surface area (Å²) in [5.41, 5.74) is 0. The lowest BCUT2D eigenvalue weighted by Crippen LogP contribution is -2.22. The van der Waals surface area contributed by atoms with Crippen LogP contribution in [0.4, 0.5) is 0 Å². The van der Waals surface area contributed by atoms with Gasteiger partial charge in [0.15, 0.2) is 0 Å². The van der Waals surface area contributed by atoms with Crippen molar-refractivity contribution in [3.8, 4) is 0 Å². The first-order chi connectivity index (χ1) is 5.00. The van der Waals surface area contributed by atoms with Gasteiger partial charge >= 0.3 is 14.6 Å². The summed E-state index contributed by atoms with van der Waals surface area (Å²) in [5.74, 6) is -0.964. The lowest BCUT2D eigenvalue weighted by Gasteiger charge is -1.90. The second-order valence-electron chi connectivity index (χ2n) is 1.25. The zero-order valence-electron chi connectivity index (χ0n) is 5.51. The molecule has 0 saturated heterocycles. The molecule has 7 nitrogen and oxygen atoms in total. The van der Waals surface area contributed by atoms with E-state index >= 15 is 0 Å². The van der Waals surface area contributed by atoms with E-state index < -0.39 is 14.6 Å². The Balaban J connectivity index is 0. The van der Waals surface area contributed by atoms with Gasteiger partial charge in [-0.3, -0.25) is 10.1 Å². The molecule has 0 unspecified atom stereocenters. The summed E-state index contributed by atoms with van der Waals surface area (Å²) in [4.78, 5) is 31.3. The first kappa shape index (κ1) is 13.3. The summed E-state index contributed by atoms with van der Waals surface area (Å²) < 4.78 is 0. The predicted octanol–water partition coefficient (Wildman–Crippen LogP) is -2.20. The zero-order chi connectivity index (χ0) is 9.28. The topological polar surface area (TPSA) is 130 Å². The van der Waals surface area contributed by atoms with E-state index in [1.807, 2.05) is 0 Å². The van der Waals surface area contributed by atoms with Gasteiger partial charge in [-0.15, -0.1) is 0 Å². The van der Waals surface area contributed by atoms with Crippen molar-refractivity contribution >= 4 is 14.6 Å². The van der Waals surface area contributed by atoms with Crippen LogP contribution in [0, 0.1) is 0 Å². The average Bonchev–Trinajstić information content (AvgIpc) is 1.82. The van der Waals surface area contributed by atoms with Gasteiger partial charge in [-0.25, -0.2) is 0 Å². The third-order valence-corrected chi connectivity index (χ3v) is 0.388. The van der Waals surface area contributed by atoms with Crippen molar-refractivity contribution < 1.29 is 29.7 Å². The van der Waals surface area contributed by atoms with Crippen molar-refractivity contribution in [3.05, 3.63) is 0 Å². The second kappa shape index (κ2) is 9.70. The molecule has 0 saturated carbocycles. The minimum Gasteiger partial charge on any atom is -0.480 e. The van der Waals surface area contributed by atoms with Gasteiger partial charge in [0.2, 0.25) is 0 Å². The van der Waals surface area contributed by atoms with E-state index in [0.717, 1.165) is 0 Å². The van der Waals surface area contributed by atoms with Crippen LogP contribution < -0.4 is 5.32 Å². The largest absolute Gasteiger partial charge is 0.480 e. The molecule has 0 aliphatic heterocycles. The molecule has 0 atom stereocenters. The lowest BCUT2D eigenvalue weighted by molar-refractivity contribution is -0.136. The maximum Gasteiger partial charge on any atom is 0.324 e. The molecule has 8 heteroatoms. The standard InChI is InChI=1S/C3H7NO3.H3O3P/c5-2-4-1-3(6)7;1-4(2)3/h4-5H,1-2H2,(H,6,7);1-3H. The molecule has 68 valence electrons. The number of nitrogens with one attached hydrogen (secondary N) is 1. The van der Waals surface area contributed by atoms with Crippen LogP contribution in [0.1, 0.15) is 0 Å². The second-order valence-corrected chi connectivity index (χ2v) is 1.78. The maximum atomic E-state index is 9.58. The number of aliphatic hydroxyl groups excluding tert-OH is 1. The van der Waals surface area contributed by atoms with Gasteiger partial charge in [0, 0.05) is 0 Å². The normalized spacial score (nSPS) is 8.82. The summed E-state index contributed by atoms with van der Waals surface area (Å²) in [6.07, 6.45) is 0. The Bertz CT molecular complexity index is 95.1. The highest BCUT2D eigenvalue weighted by Crippen LogP contribution is 2.11. The Labute approximate surface area is 63.9 Å². The SMILES string of the molecule is O=C(O)CNCO.OP(O)O. The third-order valence-electron chi connectivity index (χ3n) is 0.388. The number of carbonyl (C=O) groups is 1. The zero-order valence-corrected chi connectivity index (χ0v) is 6.40. The Morgan fingerprint density at radius 3 is 1.82 bits per heavy atom. The van der Waals surface area contributed by atoms with E-state index in [4.69, 9.17) is 24.9 Å². The minimum atomic E-state index is -2.62. The molecule has 0 fully saturated rings. The molecular weight excluding hydrogens is 177 g/mol. The van der Waals surface area contributed by atoms with E-state index in [0.29, 0.717) is 0 Å². The average molecular weight is 187 g/mol. The van der Waals surface area contributed by atoms with Crippen molar-refractivity contribution in [3.63, 3.8) is 0 Å². The van der Waals surface area contributed by atoms with Crippen LogP contribution in [0.15, 0.2) is 0 Å². The maximum absolute atomic E-state index is 9.58. The number of hydrogen-bond acceptors (Lipinski definition) is 6. The molecule has 0 aliphatic carbocycles. The van der Waals surface area contributed by atoms with Crippen molar-refractivity contribution in [2.45, 2.75) is 0 Å². The van der Waals surface area contributed by atoms with Gasteiger partial charge in [0.1, 0.15) is 0 Å². The van der Waals surface area contributed by atoms with Crippen LogP contribution in [-0.4, -0.2) is 44.1 Å². The Kier molecular flexibility index (Phi) is 11.7. The van der Waals surface area contributed by atoms with Gasteiger partial charge in [-0.05, 0) is 0 Å². The van der Waals surface area contributed by atoms with Crippen LogP contribution >= 0.6 is 8.60 Å². The highest BCUT2D eigenvalue weighted by molar-refractivity contribution is 7.38. The highest BCUT2D eigenvalue weighted by Gasteiger charge is 1.89. The Hall–Kier alpha value is -0.300. The third kappa shape index (κ3) is 42.0. The molecule has 0 heterocycles. The molecule has 0 rings (SSSR count). The van der Waals surface area contributed by atoms with Crippen molar-refractivity contribution in [2.24, 2.45) is 0 Å². The number of aliphatic carboxylic acids is 1. The monoisotopic (exact) mass is 187 g/mol. The Morgan fingerprint density at radius 2 is 1.73 bits per heavy atom. The highest BCUT2D eigenvalue weighted by atomic mass is 31.2. The van der Waals surface area contributed by atoms with Crippen LogP contribution in [0.2, 0.25) is 0 Å². The van der Waals surface area contributed by atoms with Crippen molar-refractivity contribution in [1.29, 1.82) is 0 Å². The molecule has 0 aromatic carbocycles. The molecule has 0 amide bonds. The van der Waals surface area contributed by atoms with Gasteiger partial charge in [0.25, 0.3) is 0 Å². The van der Waals surface area contributed by atoms with Gasteiger partial charge in [-0.1, -0.05) is 0 Å². The molecule has 0 spiro atoms. The minimum absolute atomic E-state index is 0.184. The predicted molar refractivity (Wildman–Crippen MR) is 36.3 cm³/mol. The van der Waals surface area contributed by atoms with Gasteiger partial charge < -0.3 is 24.9 Å². The van der Waals surface area contributed by atoms with Crippen LogP contribution in [0.3, 0.4) is 0 Å². The summed E-state index contributed by atoms with van der Waals surface area (Å²) >= 11 is 0. The molecule has 6 N–H and O–H groups in total. The summed E-state index contributed by atoms with van der Waals surface area (Å²) in [7, 11) is -2.62. The van der Waals surface area contributed by atoms with E-state index in [-0.39, 0.29) is 13.3 Å². The molecule has 0 aromatic rings. The molecule has 0 aliphatic rings. The summed E-state index contributed by atoms with van der Waals surface area (Å²) in [5, 5.41) is 18.0. The van der Waals surface area contributed by atoms with Crippen LogP contribution in [0.25, 0.3) is 0 Å². The lowest BCUT2D eigenvalue weighted by atomic mass is 10.7. The summed E-state index contributed by atoms with van der Waals surface area (Å²) in [6.45, 7) is -0.469. The van der Waals surface area contributed by atoms with Crippen LogP contribution in [-0.2, 0) is 4.79 Å². The molecular formula is C3H10NO6P. The van der Waals surface area contributed by atoms with Crippen molar-refractivity contribution in [2.75, 3.05) is 13.3 Å². The van der Waals surface area contributed by atoms with E-state index in [1.54, 1.807) is 0 Å².